The lowest BCUT2D eigenvalue weighted by Gasteiger charge is -2.37. The van der Waals surface area contributed by atoms with Crippen LogP contribution in [-0.2, 0) is 14.8 Å². The zero-order valence-electron chi connectivity index (χ0n) is 13.2. The van der Waals surface area contributed by atoms with E-state index in [0.717, 1.165) is 5.56 Å². The lowest BCUT2D eigenvalue weighted by molar-refractivity contribution is 0.00634. The van der Waals surface area contributed by atoms with E-state index in [4.69, 9.17) is 9.47 Å². The van der Waals surface area contributed by atoms with E-state index in [2.05, 4.69) is 0 Å². The molecule has 0 spiro atoms. The third-order valence-electron chi connectivity index (χ3n) is 3.83. The molecule has 1 fully saturated rings. The Morgan fingerprint density at radius 1 is 1.14 bits per heavy atom. The van der Waals surface area contributed by atoms with Gasteiger partial charge in [-0.15, -0.1) is 0 Å². The van der Waals surface area contributed by atoms with Gasteiger partial charge in [0.2, 0.25) is 10.0 Å². The summed E-state index contributed by atoms with van der Waals surface area (Å²) in [6.07, 6.45) is 0. The van der Waals surface area contributed by atoms with Crippen molar-refractivity contribution in [2.45, 2.75) is 44.7 Å². The summed E-state index contributed by atoms with van der Waals surface area (Å²) in [6, 6.07) is 3.14. The molecule has 1 saturated heterocycles. The number of sulfonamides is 1. The standard InChI is InChI=1S/C15H23NO4S/c1-10-7-15(11(2)6-14(10)19-5)21(17,18)16-12(3)8-20-9-13(16)4/h6-7,12-13H,8-9H2,1-5H3. The zero-order chi connectivity index (χ0) is 15.8. The van der Waals surface area contributed by atoms with Gasteiger partial charge in [0.05, 0.1) is 25.2 Å². The first-order valence-electron chi connectivity index (χ1n) is 7.05. The molecule has 1 aromatic carbocycles. The fourth-order valence-corrected chi connectivity index (χ4v) is 4.93. The van der Waals surface area contributed by atoms with Crippen LogP contribution in [0.25, 0.3) is 0 Å². The highest BCUT2D eigenvalue weighted by Crippen LogP contribution is 2.30. The number of hydrogen-bond acceptors (Lipinski definition) is 4. The van der Waals surface area contributed by atoms with Crippen LogP contribution in [0.1, 0.15) is 25.0 Å². The molecule has 0 aromatic heterocycles. The Kier molecular flexibility index (Phi) is 4.60. The predicted octanol–water partition coefficient (Wildman–Crippen LogP) is 2.11. The van der Waals surface area contributed by atoms with Crippen molar-refractivity contribution in [3.63, 3.8) is 0 Å². The number of ether oxygens (including phenoxy) is 2. The van der Waals surface area contributed by atoms with Crippen LogP contribution in [0, 0.1) is 13.8 Å². The highest BCUT2D eigenvalue weighted by molar-refractivity contribution is 7.89. The van der Waals surface area contributed by atoms with Gasteiger partial charge >= 0.3 is 0 Å². The first kappa shape index (κ1) is 16.3. The smallest absolute Gasteiger partial charge is 0.243 e. The van der Waals surface area contributed by atoms with E-state index in [1.165, 1.54) is 0 Å². The average molecular weight is 313 g/mol. The summed E-state index contributed by atoms with van der Waals surface area (Å²) in [7, 11) is -1.96. The molecular weight excluding hydrogens is 290 g/mol. The topological polar surface area (TPSA) is 55.8 Å². The maximum atomic E-state index is 13.0. The van der Waals surface area contributed by atoms with Crippen molar-refractivity contribution in [2.24, 2.45) is 0 Å². The van der Waals surface area contributed by atoms with Crippen LogP contribution in [0.5, 0.6) is 5.75 Å². The largest absolute Gasteiger partial charge is 0.496 e. The molecular formula is C15H23NO4S. The molecule has 1 aromatic rings. The number of methoxy groups -OCH3 is 1. The quantitative estimate of drug-likeness (QED) is 0.857. The number of hydrogen-bond donors (Lipinski definition) is 0. The summed E-state index contributed by atoms with van der Waals surface area (Å²) >= 11 is 0. The molecule has 0 bridgehead atoms. The molecule has 1 aliphatic heterocycles. The first-order valence-corrected chi connectivity index (χ1v) is 8.49. The summed E-state index contributed by atoms with van der Waals surface area (Å²) in [5.41, 5.74) is 1.51. The lowest BCUT2D eigenvalue weighted by Crippen LogP contribution is -2.52. The number of benzene rings is 1. The lowest BCUT2D eigenvalue weighted by atomic mass is 10.1. The van der Waals surface area contributed by atoms with Gasteiger partial charge in [-0.1, -0.05) is 0 Å². The van der Waals surface area contributed by atoms with Gasteiger partial charge in [0, 0.05) is 12.1 Å². The number of aryl methyl sites for hydroxylation is 2. The fraction of sp³-hybridized carbons (Fsp3) is 0.600. The van der Waals surface area contributed by atoms with Crippen LogP contribution in [0.3, 0.4) is 0 Å². The Balaban J connectivity index is 2.51. The van der Waals surface area contributed by atoms with Crippen molar-refractivity contribution in [1.29, 1.82) is 0 Å². The molecule has 0 radical (unpaired) electrons. The average Bonchev–Trinajstić information content (AvgIpc) is 2.40. The van der Waals surface area contributed by atoms with Gasteiger partial charge < -0.3 is 9.47 Å². The van der Waals surface area contributed by atoms with Gasteiger partial charge in [0.1, 0.15) is 5.75 Å². The highest BCUT2D eigenvalue weighted by atomic mass is 32.2. The van der Waals surface area contributed by atoms with E-state index in [0.29, 0.717) is 29.4 Å². The van der Waals surface area contributed by atoms with Crippen LogP contribution < -0.4 is 4.74 Å². The van der Waals surface area contributed by atoms with Gasteiger partial charge in [-0.2, -0.15) is 4.31 Å². The Morgan fingerprint density at radius 2 is 1.71 bits per heavy atom. The van der Waals surface area contributed by atoms with Crippen molar-refractivity contribution < 1.29 is 17.9 Å². The van der Waals surface area contributed by atoms with Crippen molar-refractivity contribution in [1.82, 2.24) is 4.31 Å². The third-order valence-corrected chi connectivity index (χ3v) is 6.11. The minimum atomic E-state index is -3.54. The van der Waals surface area contributed by atoms with Crippen LogP contribution in [0.15, 0.2) is 17.0 Å². The van der Waals surface area contributed by atoms with Gasteiger partial charge in [-0.05, 0) is 51.0 Å². The van der Waals surface area contributed by atoms with Crippen LogP contribution >= 0.6 is 0 Å². The molecule has 6 heteroatoms. The van der Waals surface area contributed by atoms with Crippen LogP contribution in [0.4, 0.5) is 0 Å². The van der Waals surface area contributed by atoms with E-state index >= 15 is 0 Å². The van der Waals surface area contributed by atoms with E-state index in [1.807, 2.05) is 20.8 Å². The molecule has 0 amide bonds. The summed E-state index contributed by atoms with van der Waals surface area (Å²) in [6.45, 7) is 8.25. The van der Waals surface area contributed by atoms with Gasteiger partial charge in [-0.3, -0.25) is 0 Å². The normalized spacial score (nSPS) is 24.0. The SMILES string of the molecule is COc1cc(C)c(S(=O)(=O)N2C(C)COCC2C)cc1C. The molecule has 0 aliphatic carbocycles. The minimum Gasteiger partial charge on any atom is -0.496 e. The van der Waals surface area contributed by atoms with E-state index < -0.39 is 10.0 Å². The fourth-order valence-electron chi connectivity index (χ4n) is 2.84. The second-order valence-corrected chi connectivity index (χ2v) is 7.47. The molecule has 2 rings (SSSR count). The maximum Gasteiger partial charge on any atom is 0.243 e. The summed E-state index contributed by atoms with van der Waals surface area (Å²) < 4.78 is 38.3. The van der Waals surface area contributed by atoms with Gasteiger partial charge in [0.25, 0.3) is 0 Å². The third kappa shape index (κ3) is 2.93. The summed E-state index contributed by atoms with van der Waals surface area (Å²) in [5.74, 6) is 0.703. The molecule has 21 heavy (non-hydrogen) atoms. The van der Waals surface area contributed by atoms with Crippen LogP contribution in [-0.4, -0.2) is 45.1 Å². The number of morpholine rings is 1. The molecule has 5 nitrogen and oxygen atoms in total. The molecule has 0 saturated carbocycles. The highest BCUT2D eigenvalue weighted by Gasteiger charge is 2.37. The predicted molar refractivity (Wildman–Crippen MR) is 81.2 cm³/mol. The molecule has 1 aliphatic rings. The monoisotopic (exact) mass is 313 g/mol. The minimum absolute atomic E-state index is 0.166. The molecule has 0 N–H and O–H groups in total. The first-order chi connectivity index (χ1) is 9.78. The zero-order valence-corrected chi connectivity index (χ0v) is 14.0. The van der Waals surface area contributed by atoms with Crippen molar-refractivity contribution in [3.05, 3.63) is 23.3 Å². The summed E-state index contributed by atoms with van der Waals surface area (Å²) in [4.78, 5) is 0.349. The number of rotatable bonds is 3. The Morgan fingerprint density at radius 3 is 2.24 bits per heavy atom. The van der Waals surface area contributed by atoms with E-state index in [-0.39, 0.29) is 12.1 Å². The Labute approximate surface area is 126 Å². The second kappa shape index (κ2) is 5.94. The molecule has 118 valence electrons. The van der Waals surface area contributed by atoms with Crippen LogP contribution in [0.2, 0.25) is 0 Å². The van der Waals surface area contributed by atoms with Gasteiger partial charge in [0.15, 0.2) is 0 Å². The molecule has 2 unspecified atom stereocenters. The molecule has 2 atom stereocenters. The Hall–Kier alpha value is -1.11. The van der Waals surface area contributed by atoms with E-state index in [9.17, 15) is 8.42 Å². The van der Waals surface area contributed by atoms with E-state index in [1.54, 1.807) is 30.5 Å². The van der Waals surface area contributed by atoms with Crippen molar-refractivity contribution in [2.75, 3.05) is 20.3 Å². The summed E-state index contributed by atoms with van der Waals surface area (Å²) in [5, 5.41) is 0. The Bertz CT molecular complexity index is 617. The molecule has 1 heterocycles. The van der Waals surface area contributed by atoms with Crippen molar-refractivity contribution >= 4 is 10.0 Å². The van der Waals surface area contributed by atoms with Crippen molar-refractivity contribution in [3.8, 4) is 5.75 Å². The van der Waals surface area contributed by atoms with Gasteiger partial charge in [-0.25, -0.2) is 8.42 Å². The number of nitrogens with zero attached hydrogens (tertiary/aromatic N) is 1. The second-order valence-electron chi connectivity index (χ2n) is 5.66. The maximum absolute atomic E-state index is 13.0.